The fourth-order valence-corrected chi connectivity index (χ4v) is 4.30. The Kier molecular flexibility index (Phi) is 5.59. The monoisotopic (exact) mass is 368 g/mol. The molecule has 5 nitrogen and oxygen atoms in total. The van der Waals surface area contributed by atoms with Crippen LogP contribution in [0.3, 0.4) is 0 Å². The van der Waals surface area contributed by atoms with Crippen molar-refractivity contribution in [2.45, 2.75) is 25.7 Å². The lowest BCUT2D eigenvalue weighted by molar-refractivity contribution is -0.111. The summed E-state index contributed by atoms with van der Waals surface area (Å²) in [7, 11) is 3.15. The van der Waals surface area contributed by atoms with E-state index in [0.29, 0.717) is 22.1 Å². The van der Waals surface area contributed by atoms with Crippen LogP contribution in [0.4, 0.5) is 5.00 Å². The molecule has 0 unspecified atom stereocenters. The molecule has 0 radical (unpaired) electrons. The number of fused-ring (bicyclic) bond motifs is 1. The van der Waals surface area contributed by atoms with Gasteiger partial charge in [0.25, 0.3) is 0 Å². The topological polar surface area (TPSA) is 71.3 Å². The van der Waals surface area contributed by atoms with E-state index in [1.807, 2.05) is 6.07 Å². The van der Waals surface area contributed by atoms with E-state index in [-0.39, 0.29) is 5.91 Å². The van der Waals surface area contributed by atoms with Gasteiger partial charge in [-0.3, -0.25) is 4.79 Å². The molecule has 1 aliphatic carbocycles. The summed E-state index contributed by atoms with van der Waals surface area (Å²) in [6.07, 6.45) is 7.33. The first kappa shape index (κ1) is 18.0. The summed E-state index contributed by atoms with van der Waals surface area (Å²) in [6, 6.07) is 7.68. The second-order valence-corrected chi connectivity index (χ2v) is 7.07. The Bertz CT molecular complexity index is 893. The first-order chi connectivity index (χ1) is 12.7. The molecule has 0 atom stereocenters. The number of thiophene rings is 1. The molecule has 26 heavy (non-hydrogen) atoms. The SMILES string of the molecule is COc1ccc(C=CC(=O)Nc2sc3c(c2C#N)CCCC3)cc1OC. The molecule has 1 heterocycles. The number of nitriles is 1. The normalized spacial score (nSPS) is 13.1. The van der Waals surface area contributed by atoms with Crippen LogP contribution in [0, 0.1) is 11.3 Å². The van der Waals surface area contributed by atoms with Crippen LogP contribution in [0.2, 0.25) is 0 Å². The van der Waals surface area contributed by atoms with Gasteiger partial charge in [-0.2, -0.15) is 5.26 Å². The van der Waals surface area contributed by atoms with Crippen molar-refractivity contribution in [2.75, 3.05) is 19.5 Å². The fraction of sp³-hybridized carbons (Fsp3) is 0.300. The van der Waals surface area contributed by atoms with Crippen molar-refractivity contribution in [1.29, 1.82) is 5.26 Å². The van der Waals surface area contributed by atoms with Gasteiger partial charge in [-0.1, -0.05) is 6.07 Å². The lowest BCUT2D eigenvalue weighted by atomic mass is 9.96. The molecule has 1 amide bonds. The summed E-state index contributed by atoms with van der Waals surface area (Å²) in [6.45, 7) is 0. The van der Waals surface area contributed by atoms with E-state index in [1.165, 1.54) is 22.3 Å². The Morgan fingerprint density at radius 1 is 1.23 bits per heavy atom. The van der Waals surface area contributed by atoms with E-state index < -0.39 is 0 Å². The van der Waals surface area contributed by atoms with Crippen LogP contribution in [-0.4, -0.2) is 20.1 Å². The Morgan fingerprint density at radius 3 is 2.73 bits per heavy atom. The Hall–Kier alpha value is -2.78. The van der Waals surface area contributed by atoms with Crippen LogP contribution in [0.25, 0.3) is 6.08 Å². The van der Waals surface area contributed by atoms with Gasteiger partial charge < -0.3 is 14.8 Å². The molecule has 6 heteroatoms. The number of aryl methyl sites for hydroxylation is 1. The van der Waals surface area contributed by atoms with Gasteiger partial charge in [-0.15, -0.1) is 11.3 Å². The Balaban J connectivity index is 1.74. The van der Waals surface area contributed by atoms with Gasteiger partial charge in [0.15, 0.2) is 11.5 Å². The second kappa shape index (κ2) is 8.07. The maximum atomic E-state index is 12.3. The minimum atomic E-state index is -0.255. The lowest BCUT2D eigenvalue weighted by Crippen LogP contribution is -2.07. The van der Waals surface area contributed by atoms with Gasteiger partial charge in [0.1, 0.15) is 11.1 Å². The molecular formula is C20H20N2O3S. The molecule has 0 bridgehead atoms. The quantitative estimate of drug-likeness (QED) is 0.804. The standard InChI is InChI=1S/C20H20N2O3S/c1-24-16-9-7-13(11-17(16)25-2)8-10-19(23)22-20-15(12-21)14-5-3-4-6-18(14)26-20/h7-11H,3-6H2,1-2H3,(H,22,23). The number of hydrogen-bond donors (Lipinski definition) is 1. The number of rotatable bonds is 5. The molecule has 0 spiro atoms. The van der Waals surface area contributed by atoms with E-state index in [1.54, 1.807) is 32.4 Å². The molecule has 0 saturated carbocycles. The Morgan fingerprint density at radius 2 is 2.00 bits per heavy atom. The number of anilines is 1. The Labute approximate surface area is 156 Å². The van der Waals surface area contributed by atoms with E-state index >= 15 is 0 Å². The summed E-state index contributed by atoms with van der Waals surface area (Å²) < 4.78 is 10.5. The highest BCUT2D eigenvalue weighted by Gasteiger charge is 2.21. The van der Waals surface area contributed by atoms with Crippen LogP contribution < -0.4 is 14.8 Å². The first-order valence-electron chi connectivity index (χ1n) is 8.42. The number of ether oxygens (including phenoxy) is 2. The van der Waals surface area contributed by atoms with Gasteiger partial charge >= 0.3 is 0 Å². The van der Waals surface area contributed by atoms with Gasteiger partial charge in [0.2, 0.25) is 5.91 Å². The molecule has 1 aromatic heterocycles. The van der Waals surface area contributed by atoms with Gasteiger partial charge in [-0.05, 0) is 55.0 Å². The number of nitrogens with zero attached hydrogens (tertiary/aromatic N) is 1. The average Bonchev–Trinajstić information content (AvgIpc) is 3.02. The molecule has 0 saturated heterocycles. The largest absolute Gasteiger partial charge is 0.493 e. The van der Waals surface area contributed by atoms with Crippen molar-refractivity contribution in [1.82, 2.24) is 0 Å². The van der Waals surface area contributed by atoms with Crippen LogP contribution >= 0.6 is 11.3 Å². The van der Waals surface area contributed by atoms with E-state index in [9.17, 15) is 10.1 Å². The highest BCUT2D eigenvalue weighted by atomic mass is 32.1. The highest BCUT2D eigenvalue weighted by molar-refractivity contribution is 7.16. The summed E-state index contributed by atoms with van der Waals surface area (Å²) in [5.74, 6) is 0.986. The molecule has 1 aliphatic rings. The predicted octanol–water partition coefficient (Wildman–Crippen LogP) is 4.17. The van der Waals surface area contributed by atoms with Gasteiger partial charge in [0, 0.05) is 11.0 Å². The predicted molar refractivity (Wildman–Crippen MR) is 103 cm³/mol. The molecule has 1 N–H and O–H groups in total. The third-order valence-electron chi connectivity index (χ3n) is 4.35. The smallest absolute Gasteiger partial charge is 0.249 e. The molecule has 2 aromatic rings. The fourth-order valence-electron chi connectivity index (χ4n) is 3.05. The molecule has 0 aliphatic heterocycles. The molecule has 0 fully saturated rings. The third kappa shape index (κ3) is 3.73. The van der Waals surface area contributed by atoms with Crippen molar-refractivity contribution in [2.24, 2.45) is 0 Å². The van der Waals surface area contributed by atoms with Gasteiger partial charge in [-0.25, -0.2) is 0 Å². The van der Waals surface area contributed by atoms with E-state index in [4.69, 9.17) is 9.47 Å². The number of methoxy groups -OCH3 is 2. The number of amides is 1. The van der Waals surface area contributed by atoms with Crippen LogP contribution in [0.15, 0.2) is 24.3 Å². The summed E-state index contributed by atoms with van der Waals surface area (Å²) in [5.41, 5.74) is 2.56. The zero-order chi connectivity index (χ0) is 18.5. The minimum absolute atomic E-state index is 0.255. The summed E-state index contributed by atoms with van der Waals surface area (Å²) >= 11 is 1.52. The third-order valence-corrected chi connectivity index (χ3v) is 5.56. The van der Waals surface area contributed by atoms with Gasteiger partial charge in [0.05, 0.1) is 19.8 Å². The number of carbonyl (C=O) groups excluding carboxylic acids is 1. The number of nitrogens with one attached hydrogen (secondary N) is 1. The zero-order valence-electron chi connectivity index (χ0n) is 14.8. The highest BCUT2D eigenvalue weighted by Crippen LogP contribution is 2.37. The number of carbonyl (C=O) groups is 1. The number of hydrogen-bond acceptors (Lipinski definition) is 5. The summed E-state index contributed by atoms with van der Waals surface area (Å²) in [5, 5.41) is 13.0. The van der Waals surface area contributed by atoms with E-state index in [2.05, 4.69) is 11.4 Å². The van der Waals surface area contributed by atoms with Crippen LogP contribution in [0.1, 0.15) is 34.4 Å². The first-order valence-corrected chi connectivity index (χ1v) is 9.23. The zero-order valence-corrected chi connectivity index (χ0v) is 15.6. The van der Waals surface area contributed by atoms with Crippen molar-refractivity contribution in [3.63, 3.8) is 0 Å². The second-order valence-electron chi connectivity index (χ2n) is 5.96. The van der Waals surface area contributed by atoms with Crippen LogP contribution in [-0.2, 0) is 17.6 Å². The van der Waals surface area contributed by atoms with E-state index in [0.717, 1.165) is 36.8 Å². The maximum Gasteiger partial charge on any atom is 0.249 e. The minimum Gasteiger partial charge on any atom is -0.493 e. The van der Waals surface area contributed by atoms with Crippen molar-refractivity contribution < 1.29 is 14.3 Å². The lowest BCUT2D eigenvalue weighted by Gasteiger charge is -2.09. The average molecular weight is 368 g/mol. The van der Waals surface area contributed by atoms with Crippen molar-refractivity contribution in [3.8, 4) is 17.6 Å². The van der Waals surface area contributed by atoms with Crippen LogP contribution in [0.5, 0.6) is 11.5 Å². The number of benzene rings is 1. The maximum absolute atomic E-state index is 12.3. The summed E-state index contributed by atoms with van der Waals surface area (Å²) in [4.78, 5) is 13.5. The molecular weight excluding hydrogens is 348 g/mol. The van der Waals surface area contributed by atoms with Crippen molar-refractivity contribution >= 4 is 28.3 Å². The molecule has 134 valence electrons. The van der Waals surface area contributed by atoms with Crippen molar-refractivity contribution in [3.05, 3.63) is 45.8 Å². The molecule has 1 aromatic carbocycles. The molecule has 3 rings (SSSR count).